The van der Waals surface area contributed by atoms with Crippen molar-refractivity contribution in [1.29, 1.82) is 0 Å². The van der Waals surface area contributed by atoms with Gasteiger partial charge in [-0.25, -0.2) is 8.42 Å². The van der Waals surface area contributed by atoms with Crippen molar-refractivity contribution in [1.82, 2.24) is 14.1 Å². The van der Waals surface area contributed by atoms with Gasteiger partial charge in [0, 0.05) is 26.3 Å². The van der Waals surface area contributed by atoms with E-state index in [-0.39, 0.29) is 4.90 Å². The van der Waals surface area contributed by atoms with Crippen LogP contribution < -0.4 is 0 Å². The monoisotopic (exact) mass is 317 g/mol. The molecule has 0 aliphatic carbocycles. The van der Waals surface area contributed by atoms with E-state index in [1.54, 1.807) is 17.5 Å². The van der Waals surface area contributed by atoms with Gasteiger partial charge in [-0.2, -0.15) is 9.40 Å². The average Bonchev–Trinajstić information content (AvgIpc) is 2.96. The first-order valence-corrected chi connectivity index (χ1v) is 8.73. The maximum absolute atomic E-state index is 12.5. The number of benzene rings is 1. The van der Waals surface area contributed by atoms with Gasteiger partial charge in [-0.05, 0) is 18.4 Å². The molecule has 1 saturated heterocycles. The molecule has 22 heavy (non-hydrogen) atoms. The minimum Gasteiger partial charge on any atom is -0.274 e. The van der Waals surface area contributed by atoms with Crippen LogP contribution in [0.2, 0.25) is 0 Å². The van der Waals surface area contributed by atoms with Gasteiger partial charge >= 0.3 is 0 Å². The lowest BCUT2D eigenvalue weighted by Crippen LogP contribution is -2.36. The third-order valence-corrected chi connectivity index (χ3v) is 5.71. The van der Waals surface area contributed by atoms with Gasteiger partial charge in [-0.3, -0.25) is 4.68 Å². The van der Waals surface area contributed by atoms with E-state index >= 15 is 0 Å². The Morgan fingerprint density at radius 2 is 1.82 bits per heavy atom. The van der Waals surface area contributed by atoms with Gasteiger partial charge in [0.05, 0.1) is 6.20 Å². The van der Waals surface area contributed by atoms with Crippen LogP contribution in [0.3, 0.4) is 0 Å². The molecule has 0 N–H and O–H groups in total. The predicted molar refractivity (Wildman–Crippen MR) is 85.6 cm³/mol. The van der Waals surface area contributed by atoms with Crippen molar-refractivity contribution in [3.8, 4) is 0 Å². The first-order chi connectivity index (χ1) is 10.6. The lowest BCUT2D eigenvalue weighted by atomic mass is 10.0. The minimum absolute atomic E-state index is 0.269. The molecule has 1 aromatic carbocycles. The zero-order valence-electron chi connectivity index (χ0n) is 12.5. The first-order valence-electron chi connectivity index (χ1n) is 7.29. The van der Waals surface area contributed by atoms with E-state index < -0.39 is 10.0 Å². The molecule has 5 nitrogen and oxygen atoms in total. The lowest BCUT2D eigenvalue weighted by molar-refractivity contribution is 0.388. The van der Waals surface area contributed by atoms with Crippen molar-refractivity contribution in [3.05, 3.63) is 53.9 Å². The average molecular weight is 317 g/mol. The van der Waals surface area contributed by atoms with Crippen LogP contribution in [0.5, 0.6) is 0 Å². The number of hydrogen-bond acceptors (Lipinski definition) is 3. The highest BCUT2D eigenvalue weighted by Crippen LogP contribution is 2.24. The number of sulfonamides is 1. The number of nitrogens with zero attached hydrogens (tertiary/aromatic N) is 3. The van der Waals surface area contributed by atoms with E-state index in [1.807, 2.05) is 18.2 Å². The highest BCUT2D eigenvalue weighted by Gasteiger charge is 2.28. The lowest BCUT2D eigenvalue weighted by Gasteiger charge is -2.27. The summed E-state index contributed by atoms with van der Waals surface area (Å²) in [6.07, 6.45) is 6.66. The molecule has 3 rings (SSSR count). The normalized spacial score (nSPS) is 16.7. The Morgan fingerprint density at radius 3 is 2.41 bits per heavy atom. The molecule has 2 aromatic rings. The number of piperidine rings is 1. The molecule has 6 heteroatoms. The van der Waals surface area contributed by atoms with E-state index in [2.05, 4.69) is 23.3 Å². The van der Waals surface area contributed by atoms with Crippen molar-refractivity contribution in [2.75, 3.05) is 13.1 Å². The Bertz CT molecular complexity index is 769. The van der Waals surface area contributed by atoms with Crippen LogP contribution >= 0.6 is 0 Å². The maximum atomic E-state index is 12.5. The number of hydrogen-bond donors (Lipinski definition) is 0. The van der Waals surface area contributed by atoms with Gasteiger partial charge in [0.2, 0.25) is 10.0 Å². The molecular formula is C16H19N3O2S. The molecule has 116 valence electrons. The summed E-state index contributed by atoms with van der Waals surface area (Å²) in [5.41, 5.74) is 2.46. The SMILES string of the molecule is Cn1cc(S(=O)(=O)N2CCC(=Cc3ccccc3)CC2)cn1. The Hall–Kier alpha value is -1.92. The number of aryl methyl sites for hydroxylation is 1. The summed E-state index contributed by atoms with van der Waals surface area (Å²) < 4.78 is 28.1. The number of rotatable bonds is 3. The van der Waals surface area contributed by atoms with Gasteiger partial charge in [-0.15, -0.1) is 0 Å². The van der Waals surface area contributed by atoms with Crippen molar-refractivity contribution >= 4 is 16.1 Å². The molecule has 0 bridgehead atoms. The molecule has 0 saturated carbocycles. The molecule has 1 aromatic heterocycles. The fourth-order valence-electron chi connectivity index (χ4n) is 2.62. The zero-order valence-corrected chi connectivity index (χ0v) is 13.3. The third kappa shape index (κ3) is 3.13. The first kappa shape index (κ1) is 15.0. The van der Waals surface area contributed by atoms with Crippen molar-refractivity contribution in [2.45, 2.75) is 17.7 Å². The van der Waals surface area contributed by atoms with Crippen molar-refractivity contribution in [3.63, 3.8) is 0 Å². The van der Waals surface area contributed by atoms with E-state index in [9.17, 15) is 8.42 Å². The maximum Gasteiger partial charge on any atom is 0.246 e. The molecular weight excluding hydrogens is 298 g/mol. The molecule has 1 fully saturated rings. The largest absolute Gasteiger partial charge is 0.274 e. The molecule has 1 aliphatic rings. The van der Waals surface area contributed by atoms with Gasteiger partial charge in [-0.1, -0.05) is 42.0 Å². The Labute approximate surface area is 130 Å². The second-order valence-electron chi connectivity index (χ2n) is 5.47. The van der Waals surface area contributed by atoms with Crippen LogP contribution in [-0.4, -0.2) is 35.6 Å². The smallest absolute Gasteiger partial charge is 0.246 e. The van der Waals surface area contributed by atoms with E-state index in [4.69, 9.17) is 0 Å². The zero-order chi connectivity index (χ0) is 15.6. The van der Waals surface area contributed by atoms with E-state index in [0.29, 0.717) is 13.1 Å². The molecule has 0 radical (unpaired) electrons. The molecule has 1 aliphatic heterocycles. The molecule has 0 amide bonds. The van der Waals surface area contributed by atoms with E-state index in [1.165, 1.54) is 22.0 Å². The van der Waals surface area contributed by atoms with Gasteiger partial charge in [0.25, 0.3) is 0 Å². The molecule has 0 atom stereocenters. The fraction of sp³-hybridized carbons (Fsp3) is 0.312. The summed E-state index contributed by atoms with van der Waals surface area (Å²) in [6, 6.07) is 10.1. The molecule has 2 heterocycles. The number of aromatic nitrogens is 2. The van der Waals surface area contributed by atoms with Gasteiger partial charge in [0.15, 0.2) is 0 Å². The second kappa shape index (κ2) is 6.06. The topological polar surface area (TPSA) is 55.2 Å². The Balaban J connectivity index is 1.71. The quantitative estimate of drug-likeness (QED) is 0.873. The van der Waals surface area contributed by atoms with Crippen molar-refractivity contribution in [2.24, 2.45) is 7.05 Å². The van der Waals surface area contributed by atoms with Crippen LogP contribution in [0, 0.1) is 0 Å². The van der Waals surface area contributed by atoms with Crippen LogP contribution in [0.1, 0.15) is 18.4 Å². The second-order valence-corrected chi connectivity index (χ2v) is 7.40. The van der Waals surface area contributed by atoms with Crippen molar-refractivity contribution < 1.29 is 8.42 Å². The predicted octanol–water partition coefficient (Wildman–Crippen LogP) is 2.29. The minimum atomic E-state index is -3.41. The summed E-state index contributed by atoms with van der Waals surface area (Å²) in [5, 5.41) is 3.95. The molecule has 0 spiro atoms. The summed E-state index contributed by atoms with van der Waals surface area (Å²) in [7, 11) is -1.70. The Morgan fingerprint density at radius 1 is 1.14 bits per heavy atom. The van der Waals surface area contributed by atoms with Gasteiger partial charge in [0.1, 0.15) is 4.90 Å². The summed E-state index contributed by atoms with van der Waals surface area (Å²) >= 11 is 0. The van der Waals surface area contributed by atoms with Crippen LogP contribution in [0.15, 0.2) is 53.2 Å². The Kier molecular flexibility index (Phi) is 4.13. The highest BCUT2D eigenvalue weighted by molar-refractivity contribution is 7.89. The standard InChI is InChI=1S/C16H19N3O2S/c1-18-13-16(12-17-18)22(20,21)19-9-7-15(8-10-19)11-14-5-3-2-4-6-14/h2-6,11-13H,7-10H2,1H3. The van der Waals surface area contributed by atoms with E-state index in [0.717, 1.165) is 12.8 Å². The van der Waals surface area contributed by atoms with Crippen LogP contribution in [0.4, 0.5) is 0 Å². The van der Waals surface area contributed by atoms with Gasteiger partial charge < -0.3 is 0 Å². The summed E-state index contributed by atoms with van der Waals surface area (Å²) in [4.78, 5) is 0.269. The molecule has 0 unspecified atom stereocenters. The third-order valence-electron chi connectivity index (χ3n) is 3.85. The summed E-state index contributed by atoms with van der Waals surface area (Å²) in [6.45, 7) is 1.05. The van der Waals surface area contributed by atoms with Crippen LogP contribution in [0.25, 0.3) is 6.08 Å². The highest BCUT2D eigenvalue weighted by atomic mass is 32.2. The van der Waals surface area contributed by atoms with Crippen LogP contribution in [-0.2, 0) is 17.1 Å². The summed E-state index contributed by atoms with van der Waals surface area (Å²) in [5.74, 6) is 0. The fourth-order valence-corrected chi connectivity index (χ4v) is 4.05.